The van der Waals surface area contributed by atoms with Gasteiger partial charge in [-0.2, -0.15) is 5.10 Å². The van der Waals surface area contributed by atoms with Crippen LogP contribution in [0.2, 0.25) is 0 Å². The van der Waals surface area contributed by atoms with Crippen molar-refractivity contribution in [1.29, 1.82) is 0 Å². The number of β-amino-alcohol motifs (C(OH)–C–C–N with tert-alkyl or cyclic N) is 1. The maximum Gasteiger partial charge on any atom is 0.354 e. The predicted molar refractivity (Wildman–Crippen MR) is 51.4 cm³/mol. The Morgan fingerprint density at radius 1 is 1.53 bits per heavy atom. The summed E-state index contributed by atoms with van der Waals surface area (Å²) in [5.74, 6) is -0.947. The first kappa shape index (κ1) is 10.1. The summed E-state index contributed by atoms with van der Waals surface area (Å²) in [4.78, 5) is 13.0. The molecule has 0 bridgehead atoms. The Bertz CT molecular complexity index is 400. The molecule has 2 heterocycles. The monoisotopic (exact) mass is 211 g/mol. The lowest BCUT2D eigenvalue weighted by Crippen LogP contribution is -2.22. The number of rotatable bonds is 3. The Kier molecular flexibility index (Phi) is 2.45. The van der Waals surface area contributed by atoms with Gasteiger partial charge >= 0.3 is 5.97 Å². The summed E-state index contributed by atoms with van der Waals surface area (Å²) in [6, 6.07) is 0. The van der Waals surface area contributed by atoms with E-state index in [9.17, 15) is 4.79 Å². The number of carboxylic acids is 1. The normalized spacial score (nSPS) is 15.6. The van der Waals surface area contributed by atoms with Crippen molar-refractivity contribution in [3.8, 4) is 0 Å². The van der Waals surface area contributed by atoms with E-state index in [0.717, 1.165) is 11.3 Å². The van der Waals surface area contributed by atoms with Gasteiger partial charge in [0.25, 0.3) is 0 Å². The van der Waals surface area contributed by atoms with Crippen LogP contribution in [0, 0.1) is 0 Å². The number of aromatic carboxylic acids is 1. The van der Waals surface area contributed by atoms with Crippen molar-refractivity contribution in [3.05, 3.63) is 17.0 Å². The number of fused-ring (bicyclic) bond motifs is 1. The molecular weight excluding hydrogens is 198 g/mol. The Labute approximate surface area is 86.7 Å². The van der Waals surface area contributed by atoms with Gasteiger partial charge in [-0.3, -0.25) is 9.58 Å². The highest BCUT2D eigenvalue weighted by Crippen LogP contribution is 2.24. The first-order chi connectivity index (χ1) is 7.13. The summed E-state index contributed by atoms with van der Waals surface area (Å²) in [6.07, 6.45) is 0. The van der Waals surface area contributed by atoms with E-state index in [2.05, 4.69) is 5.10 Å². The minimum atomic E-state index is -0.947. The number of carbonyl (C=O) groups is 1. The zero-order valence-corrected chi connectivity index (χ0v) is 8.47. The second-order valence-electron chi connectivity index (χ2n) is 3.64. The van der Waals surface area contributed by atoms with Gasteiger partial charge in [0.2, 0.25) is 0 Å². The van der Waals surface area contributed by atoms with Crippen molar-refractivity contribution < 1.29 is 15.0 Å². The van der Waals surface area contributed by atoms with Crippen molar-refractivity contribution in [2.45, 2.75) is 13.1 Å². The van der Waals surface area contributed by atoms with Crippen LogP contribution in [0.25, 0.3) is 0 Å². The van der Waals surface area contributed by atoms with Crippen LogP contribution in [0.5, 0.6) is 0 Å². The molecule has 0 amide bonds. The smallest absolute Gasteiger partial charge is 0.354 e. The fourth-order valence-corrected chi connectivity index (χ4v) is 1.97. The van der Waals surface area contributed by atoms with Crippen LogP contribution >= 0.6 is 0 Å². The van der Waals surface area contributed by atoms with E-state index in [4.69, 9.17) is 10.2 Å². The largest absolute Gasteiger partial charge is 0.477 e. The lowest BCUT2D eigenvalue weighted by Gasteiger charge is -2.12. The lowest BCUT2D eigenvalue weighted by molar-refractivity contribution is 0.0682. The van der Waals surface area contributed by atoms with Gasteiger partial charge in [-0.1, -0.05) is 0 Å². The van der Waals surface area contributed by atoms with E-state index in [1.807, 2.05) is 4.90 Å². The zero-order chi connectivity index (χ0) is 11.0. The van der Waals surface area contributed by atoms with Crippen LogP contribution in [0.15, 0.2) is 0 Å². The number of carboxylic acid groups (broad SMARTS) is 1. The summed E-state index contributed by atoms with van der Waals surface area (Å²) in [6.45, 7) is 1.82. The van der Waals surface area contributed by atoms with Gasteiger partial charge < -0.3 is 10.2 Å². The van der Waals surface area contributed by atoms with E-state index in [1.54, 1.807) is 7.05 Å². The first-order valence-corrected chi connectivity index (χ1v) is 4.74. The van der Waals surface area contributed by atoms with Crippen molar-refractivity contribution in [1.82, 2.24) is 14.7 Å². The van der Waals surface area contributed by atoms with Gasteiger partial charge in [0.05, 0.1) is 12.3 Å². The second-order valence-corrected chi connectivity index (χ2v) is 3.64. The second kappa shape index (κ2) is 3.63. The zero-order valence-electron chi connectivity index (χ0n) is 8.47. The lowest BCUT2D eigenvalue weighted by atomic mass is 10.2. The molecule has 0 saturated heterocycles. The van der Waals surface area contributed by atoms with Crippen molar-refractivity contribution in [2.24, 2.45) is 7.05 Å². The molecule has 1 aliphatic rings. The van der Waals surface area contributed by atoms with Crippen LogP contribution in [0.4, 0.5) is 0 Å². The van der Waals surface area contributed by atoms with Gasteiger partial charge in [-0.05, 0) is 0 Å². The molecule has 15 heavy (non-hydrogen) atoms. The first-order valence-electron chi connectivity index (χ1n) is 4.74. The molecule has 82 valence electrons. The van der Waals surface area contributed by atoms with Crippen LogP contribution in [0.3, 0.4) is 0 Å². The molecule has 0 unspecified atom stereocenters. The molecule has 2 N–H and O–H groups in total. The SMILES string of the molecule is Cn1nc2c(c1C(=O)O)CN(CCO)C2. The Hall–Kier alpha value is -1.40. The molecule has 1 aromatic heterocycles. The van der Waals surface area contributed by atoms with E-state index in [1.165, 1.54) is 4.68 Å². The molecule has 0 atom stereocenters. The number of nitrogens with zero attached hydrogens (tertiary/aromatic N) is 3. The summed E-state index contributed by atoms with van der Waals surface area (Å²) < 4.78 is 1.41. The van der Waals surface area contributed by atoms with Crippen molar-refractivity contribution in [3.63, 3.8) is 0 Å². The summed E-state index contributed by atoms with van der Waals surface area (Å²) in [5.41, 5.74) is 1.84. The van der Waals surface area contributed by atoms with E-state index >= 15 is 0 Å². The number of aliphatic hydroxyl groups excluding tert-OH is 1. The highest BCUT2D eigenvalue weighted by atomic mass is 16.4. The molecule has 0 aromatic carbocycles. The summed E-state index contributed by atoms with van der Waals surface area (Å²) in [5, 5.41) is 22.0. The molecule has 6 nitrogen and oxygen atoms in total. The van der Waals surface area contributed by atoms with Gasteiger partial charge in [-0.15, -0.1) is 0 Å². The van der Waals surface area contributed by atoms with Gasteiger partial charge in [0, 0.05) is 32.2 Å². The van der Waals surface area contributed by atoms with Crippen molar-refractivity contribution >= 4 is 5.97 Å². The third kappa shape index (κ3) is 1.62. The Balaban J connectivity index is 2.28. The maximum atomic E-state index is 11.0. The average molecular weight is 211 g/mol. The maximum absolute atomic E-state index is 11.0. The molecule has 1 aromatic rings. The standard InChI is InChI=1S/C9H13N3O3/c1-11-8(9(14)15)6-4-12(2-3-13)5-7(6)10-11/h13H,2-5H2,1H3,(H,14,15). The number of aryl methyl sites for hydroxylation is 1. The molecule has 1 aliphatic heterocycles. The Morgan fingerprint density at radius 3 is 2.87 bits per heavy atom. The minimum Gasteiger partial charge on any atom is -0.477 e. The van der Waals surface area contributed by atoms with E-state index < -0.39 is 5.97 Å². The van der Waals surface area contributed by atoms with Crippen molar-refractivity contribution in [2.75, 3.05) is 13.2 Å². The van der Waals surface area contributed by atoms with E-state index in [0.29, 0.717) is 19.6 Å². The summed E-state index contributed by atoms with van der Waals surface area (Å²) >= 11 is 0. The third-order valence-corrected chi connectivity index (χ3v) is 2.60. The highest BCUT2D eigenvalue weighted by Gasteiger charge is 2.28. The highest BCUT2D eigenvalue weighted by molar-refractivity contribution is 5.87. The molecule has 0 saturated carbocycles. The minimum absolute atomic E-state index is 0.0821. The molecule has 0 spiro atoms. The fraction of sp³-hybridized carbons (Fsp3) is 0.556. The molecule has 2 rings (SSSR count). The number of hydrogen-bond acceptors (Lipinski definition) is 4. The van der Waals surface area contributed by atoms with Gasteiger partial charge in [0.15, 0.2) is 5.69 Å². The molecule has 0 aliphatic carbocycles. The predicted octanol–water partition coefficient (Wildman–Crippen LogP) is -0.574. The number of aliphatic hydroxyl groups is 1. The number of hydrogen-bond donors (Lipinski definition) is 2. The average Bonchev–Trinajstić information content (AvgIpc) is 2.59. The fourth-order valence-electron chi connectivity index (χ4n) is 1.97. The van der Waals surface area contributed by atoms with Gasteiger partial charge in [-0.25, -0.2) is 4.79 Å². The van der Waals surface area contributed by atoms with E-state index in [-0.39, 0.29) is 12.3 Å². The molecular formula is C9H13N3O3. The molecule has 6 heteroatoms. The number of aromatic nitrogens is 2. The third-order valence-electron chi connectivity index (χ3n) is 2.60. The van der Waals surface area contributed by atoms with Crippen LogP contribution < -0.4 is 0 Å². The summed E-state index contributed by atoms with van der Waals surface area (Å²) in [7, 11) is 1.64. The van der Waals surface area contributed by atoms with Crippen LogP contribution in [-0.2, 0) is 20.1 Å². The van der Waals surface area contributed by atoms with Gasteiger partial charge in [0.1, 0.15) is 0 Å². The quantitative estimate of drug-likeness (QED) is 0.699. The van der Waals surface area contributed by atoms with Crippen LogP contribution in [-0.4, -0.2) is 44.0 Å². The topological polar surface area (TPSA) is 78.6 Å². The Morgan fingerprint density at radius 2 is 2.27 bits per heavy atom. The molecule has 0 radical (unpaired) electrons. The molecule has 0 fully saturated rings. The van der Waals surface area contributed by atoms with Crippen LogP contribution in [0.1, 0.15) is 21.7 Å².